The van der Waals surface area contributed by atoms with E-state index in [0.29, 0.717) is 17.9 Å². The van der Waals surface area contributed by atoms with E-state index in [0.717, 1.165) is 24.1 Å². The molecule has 0 saturated heterocycles. The third kappa shape index (κ3) is 7.02. The molecule has 0 bridgehead atoms. The van der Waals surface area contributed by atoms with Crippen LogP contribution in [0.1, 0.15) is 43.3 Å². The average molecular weight is 488 g/mol. The minimum absolute atomic E-state index is 0.0318. The van der Waals surface area contributed by atoms with Gasteiger partial charge in [0.2, 0.25) is 10.0 Å². The summed E-state index contributed by atoms with van der Waals surface area (Å²) in [4.78, 5) is 4.59. The van der Waals surface area contributed by atoms with Crippen molar-refractivity contribution >= 4 is 15.7 Å². The van der Waals surface area contributed by atoms with Crippen molar-refractivity contribution in [3.05, 3.63) is 59.4 Å². The van der Waals surface area contributed by atoms with Crippen LogP contribution in [-0.4, -0.2) is 51.7 Å². The second-order valence-corrected chi connectivity index (χ2v) is 11.0. The summed E-state index contributed by atoms with van der Waals surface area (Å²) in [6, 6.07) is 12.5. The minimum Gasteiger partial charge on any atom is -0.506 e. The van der Waals surface area contributed by atoms with Crippen LogP contribution in [0.15, 0.2) is 42.5 Å². The number of aryl methyl sites for hydroxylation is 3. The van der Waals surface area contributed by atoms with Gasteiger partial charge in [-0.25, -0.2) is 18.1 Å². The Balaban J connectivity index is 1.60. The molecule has 1 unspecified atom stereocenters. The lowest BCUT2D eigenvalue weighted by molar-refractivity contribution is 0.158. The number of aromatic hydroxyl groups is 1. The quantitative estimate of drug-likeness (QED) is 0.323. The smallest absolute Gasteiger partial charge is 0.229 e. The van der Waals surface area contributed by atoms with Gasteiger partial charge >= 0.3 is 0 Å². The Bertz CT molecular complexity index is 1240. The summed E-state index contributed by atoms with van der Waals surface area (Å²) >= 11 is 0. The molecule has 1 atom stereocenters. The number of nitrogens with zero attached hydrogens (tertiary/aromatic N) is 3. The fourth-order valence-electron chi connectivity index (χ4n) is 3.46. The number of benzene rings is 2. The molecular weight excluding hydrogens is 454 g/mol. The SMILES string of the molecule is Cc1ccc(-c2nc(C)n(CCC(C)(C)NCC(O)c3ccc(O)c(NS(C)(=O)=O)c3)n2)cc1. The molecule has 4 N–H and O–H groups in total. The summed E-state index contributed by atoms with van der Waals surface area (Å²) < 4.78 is 27.1. The van der Waals surface area contributed by atoms with Crippen LogP contribution in [0.5, 0.6) is 5.75 Å². The van der Waals surface area contributed by atoms with Crippen LogP contribution in [-0.2, 0) is 16.6 Å². The summed E-state index contributed by atoms with van der Waals surface area (Å²) in [6.45, 7) is 8.96. The van der Waals surface area contributed by atoms with Gasteiger partial charge in [-0.05, 0) is 51.8 Å². The van der Waals surface area contributed by atoms with Crippen molar-refractivity contribution in [2.24, 2.45) is 0 Å². The molecule has 184 valence electrons. The third-order valence-electron chi connectivity index (χ3n) is 5.59. The largest absolute Gasteiger partial charge is 0.506 e. The number of nitrogens with one attached hydrogen (secondary N) is 2. The Morgan fingerprint density at radius 3 is 2.44 bits per heavy atom. The molecule has 10 heteroatoms. The fraction of sp³-hybridized carbons (Fsp3) is 0.417. The van der Waals surface area contributed by atoms with Crippen LogP contribution in [0.4, 0.5) is 5.69 Å². The molecule has 9 nitrogen and oxygen atoms in total. The zero-order valence-corrected chi connectivity index (χ0v) is 21.0. The number of phenols is 1. The van der Waals surface area contributed by atoms with Crippen molar-refractivity contribution in [2.45, 2.75) is 52.3 Å². The molecule has 0 radical (unpaired) electrons. The monoisotopic (exact) mass is 487 g/mol. The lowest BCUT2D eigenvalue weighted by Gasteiger charge is -2.28. The van der Waals surface area contributed by atoms with Gasteiger partial charge in [0.15, 0.2) is 5.82 Å². The molecule has 0 amide bonds. The first-order chi connectivity index (χ1) is 15.8. The molecule has 0 aliphatic carbocycles. The lowest BCUT2D eigenvalue weighted by atomic mass is 9.99. The van der Waals surface area contributed by atoms with E-state index in [1.807, 2.05) is 56.6 Å². The molecule has 0 saturated carbocycles. The molecule has 1 aromatic heterocycles. The van der Waals surface area contributed by atoms with E-state index in [9.17, 15) is 18.6 Å². The van der Waals surface area contributed by atoms with Crippen LogP contribution in [0.3, 0.4) is 0 Å². The van der Waals surface area contributed by atoms with Gasteiger partial charge in [-0.15, -0.1) is 0 Å². The maximum Gasteiger partial charge on any atom is 0.229 e. The molecule has 3 rings (SSSR count). The Morgan fingerprint density at radius 2 is 1.79 bits per heavy atom. The second-order valence-electron chi connectivity index (χ2n) is 9.25. The van der Waals surface area contributed by atoms with E-state index in [1.165, 1.54) is 17.7 Å². The molecule has 1 heterocycles. The highest BCUT2D eigenvalue weighted by molar-refractivity contribution is 7.92. The average Bonchev–Trinajstić information content (AvgIpc) is 3.12. The predicted molar refractivity (Wildman–Crippen MR) is 133 cm³/mol. The highest BCUT2D eigenvalue weighted by atomic mass is 32.2. The summed E-state index contributed by atoms with van der Waals surface area (Å²) in [7, 11) is -3.55. The van der Waals surface area contributed by atoms with Crippen molar-refractivity contribution in [1.29, 1.82) is 0 Å². The number of aromatic nitrogens is 3. The Morgan fingerprint density at radius 1 is 1.12 bits per heavy atom. The molecular formula is C24H33N5O4S. The second kappa shape index (κ2) is 10.1. The molecule has 0 aliphatic heterocycles. The Labute approximate surface area is 200 Å². The summed E-state index contributed by atoms with van der Waals surface area (Å²) in [5, 5.41) is 28.5. The fourth-order valence-corrected chi connectivity index (χ4v) is 4.03. The van der Waals surface area contributed by atoms with Gasteiger partial charge in [-0.1, -0.05) is 35.9 Å². The number of anilines is 1. The maximum absolute atomic E-state index is 11.5. The van der Waals surface area contributed by atoms with Crippen LogP contribution in [0.2, 0.25) is 0 Å². The maximum atomic E-state index is 11.5. The number of β-amino-alcohol motifs (C(OH)–C–C–N with tert-alkyl or cyclic N) is 1. The van der Waals surface area contributed by atoms with Gasteiger partial charge in [0, 0.05) is 24.2 Å². The number of aliphatic hydroxyl groups excluding tert-OH is 1. The molecule has 34 heavy (non-hydrogen) atoms. The topological polar surface area (TPSA) is 129 Å². The first-order valence-electron chi connectivity index (χ1n) is 11.1. The Kier molecular flexibility index (Phi) is 7.64. The number of rotatable bonds is 10. The van der Waals surface area contributed by atoms with Gasteiger partial charge in [0.1, 0.15) is 11.6 Å². The summed E-state index contributed by atoms with van der Waals surface area (Å²) in [6.07, 6.45) is 0.856. The third-order valence-corrected chi connectivity index (χ3v) is 6.18. The van der Waals surface area contributed by atoms with Crippen molar-refractivity contribution in [3.8, 4) is 17.1 Å². The zero-order valence-electron chi connectivity index (χ0n) is 20.2. The molecule has 0 aliphatic rings. The molecule has 3 aromatic rings. The Hall–Kier alpha value is -2.95. The van der Waals surface area contributed by atoms with E-state index in [4.69, 9.17) is 0 Å². The molecule has 2 aromatic carbocycles. The molecule has 0 spiro atoms. The first kappa shape index (κ1) is 25.7. The number of sulfonamides is 1. The van der Waals surface area contributed by atoms with Gasteiger partial charge in [-0.2, -0.15) is 5.10 Å². The zero-order chi connectivity index (χ0) is 25.1. The van der Waals surface area contributed by atoms with E-state index in [2.05, 4.69) is 20.1 Å². The number of aliphatic hydroxyl groups is 1. The first-order valence-corrected chi connectivity index (χ1v) is 12.9. The molecule has 0 fully saturated rings. The standard InChI is InChI=1S/C24H33N5O4S/c1-16-6-8-18(9-7-16)23-26-17(2)29(27-23)13-12-24(3,4)25-15-22(31)19-10-11-21(30)20(14-19)28-34(5,32)33/h6-11,14,22,25,28,30-31H,12-13,15H2,1-5H3. The number of hydrogen-bond donors (Lipinski definition) is 4. The van der Waals surface area contributed by atoms with Gasteiger partial charge in [-0.3, -0.25) is 4.72 Å². The van der Waals surface area contributed by atoms with Crippen LogP contribution >= 0.6 is 0 Å². The van der Waals surface area contributed by atoms with Crippen LogP contribution in [0.25, 0.3) is 11.4 Å². The van der Waals surface area contributed by atoms with Crippen molar-refractivity contribution in [3.63, 3.8) is 0 Å². The van der Waals surface area contributed by atoms with Crippen LogP contribution in [0, 0.1) is 13.8 Å². The predicted octanol–water partition coefficient (Wildman–Crippen LogP) is 3.13. The van der Waals surface area contributed by atoms with Crippen LogP contribution < -0.4 is 10.0 Å². The highest BCUT2D eigenvalue weighted by Gasteiger charge is 2.21. The van der Waals surface area contributed by atoms with E-state index >= 15 is 0 Å². The van der Waals surface area contributed by atoms with Gasteiger partial charge in [0.25, 0.3) is 0 Å². The van der Waals surface area contributed by atoms with E-state index < -0.39 is 16.1 Å². The summed E-state index contributed by atoms with van der Waals surface area (Å²) in [5.74, 6) is 1.33. The lowest BCUT2D eigenvalue weighted by Crippen LogP contribution is -2.42. The number of phenolic OH excluding ortho intramolecular Hbond substituents is 1. The van der Waals surface area contributed by atoms with E-state index in [1.54, 1.807) is 6.07 Å². The van der Waals surface area contributed by atoms with Crippen molar-refractivity contribution in [1.82, 2.24) is 20.1 Å². The normalized spacial score (nSPS) is 13.1. The van der Waals surface area contributed by atoms with Gasteiger partial charge in [0.05, 0.1) is 18.0 Å². The number of hydrogen-bond acceptors (Lipinski definition) is 7. The van der Waals surface area contributed by atoms with Gasteiger partial charge < -0.3 is 15.5 Å². The summed E-state index contributed by atoms with van der Waals surface area (Å²) in [5.41, 5.74) is 2.37. The highest BCUT2D eigenvalue weighted by Crippen LogP contribution is 2.28. The van der Waals surface area contributed by atoms with E-state index in [-0.39, 0.29) is 23.5 Å². The van der Waals surface area contributed by atoms with Crippen molar-refractivity contribution in [2.75, 3.05) is 17.5 Å². The van der Waals surface area contributed by atoms with Crippen molar-refractivity contribution < 1.29 is 18.6 Å². The minimum atomic E-state index is -3.55.